The molecule has 0 spiro atoms. The maximum absolute atomic E-state index is 12.8. The highest BCUT2D eigenvalue weighted by Gasteiger charge is 2.33. The van der Waals surface area contributed by atoms with E-state index in [-0.39, 0.29) is 22.9 Å². The van der Waals surface area contributed by atoms with Crippen LogP contribution in [0, 0.1) is 10.1 Å². The second-order valence-corrected chi connectivity index (χ2v) is 8.92. The smallest absolute Gasteiger partial charge is 0.293 e. The predicted molar refractivity (Wildman–Crippen MR) is 141 cm³/mol. The summed E-state index contributed by atoms with van der Waals surface area (Å²) in [6.07, 6.45) is 4.50. The minimum Gasteiger partial charge on any atom is -0.496 e. The molecule has 2 saturated heterocycles. The molecule has 2 fully saturated rings. The van der Waals surface area contributed by atoms with E-state index in [4.69, 9.17) is 17.0 Å². The maximum Gasteiger partial charge on any atom is 0.293 e. The third-order valence-electron chi connectivity index (χ3n) is 6.42. The molecular weight excluding hydrogens is 480 g/mol. The Labute approximate surface area is 214 Å². The summed E-state index contributed by atoms with van der Waals surface area (Å²) in [4.78, 5) is 39.9. The Kier molecular flexibility index (Phi) is 7.44. The number of anilines is 1. The van der Waals surface area contributed by atoms with Gasteiger partial charge in [0, 0.05) is 25.7 Å². The lowest BCUT2D eigenvalue weighted by molar-refractivity contribution is -0.384. The normalized spacial score (nSPS) is 17.8. The first kappa shape index (κ1) is 25.1. The lowest BCUT2D eigenvalue weighted by atomic mass is 9.88. The molecule has 9 nitrogen and oxygen atoms in total. The summed E-state index contributed by atoms with van der Waals surface area (Å²) in [5, 5.41) is 14.4. The van der Waals surface area contributed by atoms with Crippen LogP contribution in [-0.2, 0) is 9.59 Å². The fourth-order valence-corrected chi connectivity index (χ4v) is 4.88. The number of carbonyl (C=O) groups excluding carboxylic acids is 2. The molecule has 10 heteroatoms. The van der Waals surface area contributed by atoms with Gasteiger partial charge >= 0.3 is 0 Å². The standard InChI is InChI=1S/C26H26N4O5S/c1-3-12-29-25(32)20(24(31)27-26(29)36)15-17-8-9-21(22(16-17)30(33)34)28-13-10-18(11-14-28)19-6-4-5-7-23(19)35-2/h3-9,15-16,18H,1,10-14H2,2H3,(H,27,31,36)/b20-15+. The van der Waals surface area contributed by atoms with Crippen molar-refractivity contribution in [1.29, 1.82) is 0 Å². The molecule has 2 heterocycles. The quantitative estimate of drug-likeness (QED) is 0.152. The van der Waals surface area contributed by atoms with Crippen molar-refractivity contribution in [2.24, 2.45) is 0 Å². The Bertz CT molecular complexity index is 1270. The van der Waals surface area contributed by atoms with E-state index in [0.29, 0.717) is 30.3 Å². The maximum atomic E-state index is 12.8. The van der Waals surface area contributed by atoms with E-state index in [1.807, 2.05) is 23.1 Å². The molecule has 1 N–H and O–H groups in total. The number of nitrogens with one attached hydrogen (secondary N) is 1. The minimum absolute atomic E-state index is 0.0000890. The highest BCUT2D eigenvalue weighted by molar-refractivity contribution is 7.80. The molecule has 2 aromatic rings. The van der Waals surface area contributed by atoms with Gasteiger partial charge in [-0.15, -0.1) is 6.58 Å². The fourth-order valence-electron chi connectivity index (χ4n) is 4.63. The largest absolute Gasteiger partial charge is 0.496 e. The van der Waals surface area contributed by atoms with Gasteiger partial charge in [-0.3, -0.25) is 29.9 Å². The van der Waals surface area contributed by atoms with Crippen LogP contribution in [0.3, 0.4) is 0 Å². The van der Waals surface area contributed by atoms with Crippen LogP contribution in [0.25, 0.3) is 6.08 Å². The first-order valence-corrected chi connectivity index (χ1v) is 11.9. The molecule has 0 bridgehead atoms. The van der Waals surface area contributed by atoms with Crippen molar-refractivity contribution in [1.82, 2.24) is 10.2 Å². The number of para-hydroxylation sites is 1. The molecule has 2 aromatic carbocycles. The van der Waals surface area contributed by atoms with E-state index in [9.17, 15) is 19.7 Å². The molecule has 186 valence electrons. The third-order valence-corrected chi connectivity index (χ3v) is 6.74. The fraction of sp³-hybridized carbons (Fsp3) is 0.269. The van der Waals surface area contributed by atoms with Crippen molar-refractivity contribution in [3.63, 3.8) is 0 Å². The van der Waals surface area contributed by atoms with Gasteiger partial charge in [0.25, 0.3) is 17.5 Å². The average Bonchev–Trinajstić information content (AvgIpc) is 2.89. The SMILES string of the molecule is C=CCN1C(=O)/C(=C/c2ccc(N3CCC(c4ccccc4OC)CC3)c([N+](=O)[O-])c2)C(=O)NC1=S. The molecule has 0 aromatic heterocycles. The number of hydrogen-bond acceptors (Lipinski definition) is 7. The summed E-state index contributed by atoms with van der Waals surface area (Å²) in [5.41, 5.74) is 1.80. The topological polar surface area (TPSA) is 105 Å². The Balaban J connectivity index is 1.57. The zero-order chi connectivity index (χ0) is 25.8. The molecule has 0 unspecified atom stereocenters. The summed E-state index contributed by atoms with van der Waals surface area (Å²) < 4.78 is 5.50. The van der Waals surface area contributed by atoms with Gasteiger partial charge in [0.05, 0.1) is 12.0 Å². The van der Waals surface area contributed by atoms with Crippen LogP contribution in [0.15, 0.2) is 60.7 Å². The van der Waals surface area contributed by atoms with Gasteiger partial charge < -0.3 is 9.64 Å². The Morgan fingerprint density at radius 2 is 1.94 bits per heavy atom. The molecule has 2 amide bonds. The van der Waals surface area contributed by atoms with E-state index in [0.717, 1.165) is 24.2 Å². The van der Waals surface area contributed by atoms with Crippen LogP contribution in [0.1, 0.15) is 29.9 Å². The molecule has 0 aliphatic carbocycles. The van der Waals surface area contributed by atoms with Gasteiger partial charge in [-0.05, 0) is 60.3 Å². The highest BCUT2D eigenvalue weighted by Crippen LogP contribution is 2.38. The van der Waals surface area contributed by atoms with Crippen LogP contribution < -0.4 is 15.0 Å². The molecule has 4 rings (SSSR count). The van der Waals surface area contributed by atoms with Crippen molar-refractivity contribution >= 4 is 46.6 Å². The molecule has 36 heavy (non-hydrogen) atoms. The van der Waals surface area contributed by atoms with Gasteiger partial charge in [0.2, 0.25) is 0 Å². The van der Waals surface area contributed by atoms with Gasteiger partial charge in [-0.1, -0.05) is 30.3 Å². The number of nitro groups is 1. The number of ether oxygens (including phenoxy) is 1. The van der Waals surface area contributed by atoms with E-state index in [1.54, 1.807) is 19.2 Å². The molecule has 0 atom stereocenters. The lowest BCUT2D eigenvalue weighted by Gasteiger charge is -2.34. The summed E-state index contributed by atoms with van der Waals surface area (Å²) >= 11 is 5.06. The number of nitrogens with zero attached hydrogens (tertiary/aromatic N) is 3. The zero-order valence-electron chi connectivity index (χ0n) is 19.8. The van der Waals surface area contributed by atoms with Crippen molar-refractivity contribution in [2.45, 2.75) is 18.8 Å². The van der Waals surface area contributed by atoms with Crippen molar-refractivity contribution in [3.05, 3.63) is 81.9 Å². The van der Waals surface area contributed by atoms with Gasteiger partial charge in [-0.25, -0.2) is 0 Å². The van der Waals surface area contributed by atoms with Crippen LogP contribution in [0.2, 0.25) is 0 Å². The third kappa shape index (κ3) is 4.99. The Hall–Kier alpha value is -4.05. The number of piperidine rings is 1. The Morgan fingerprint density at radius 1 is 1.22 bits per heavy atom. The number of hydrogen-bond donors (Lipinski definition) is 1. The van der Waals surface area contributed by atoms with Crippen molar-refractivity contribution < 1.29 is 19.2 Å². The number of benzene rings is 2. The van der Waals surface area contributed by atoms with Crippen molar-refractivity contribution in [2.75, 3.05) is 31.6 Å². The van der Waals surface area contributed by atoms with E-state index in [2.05, 4.69) is 18.0 Å². The molecular formula is C26H26N4O5S. The van der Waals surface area contributed by atoms with Crippen LogP contribution in [0.5, 0.6) is 5.75 Å². The number of rotatable bonds is 7. The number of thiocarbonyl (C=S) groups is 1. The van der Waals surface area contributed by atoms with Gasteiger partial charge in [0.15, 0.2) is 5.11 Å². The monoisotopic (exact) mass is 506 g/mol. The number of methoxy groups -OCH3 is 1. The van der Waals surface area contributed by atoms with E-state index < -0.39 is 16.7 Å². The van der Waals surface area contributed by atoms with Crippen LogP contribution in [0.4, 0.5) is 11.4 Å². The highest BCUT2D eigenvalue weighted by atomic mass is 32.1. The van der Waals surface area contributed by atoms with E-state index in [1.165, 1.54) is 23.1 Å². The molecule has 2 aliphatic rings. The molecule has 0 saturated carbocycles. The number of amides is 2. The zero-order valence-corrected chi connectivity index (χ0v) is 20.6. The van der Waals surface area contributed by atoms with Gasteiger partial charge in [-0.2, -0.15) is 0 Å². The summed E-state index contributed by atoms with van der Waals surface area (Å²) in [6.45, 7) is 5.04. The second kappa shape index (κ2) is 10.7. The van der Waals surface area contributed by atoms with Gasteiger partial charge in [0.1, 0.15) is 17.0 Å². The van der Waals surface area contributed by atoms with E-state index >= 15 is 0 Å². The summed E-state index contributed by atoms with van der Waals surface area (Å²) in [6, 6.07) is 12.7. The lowest BCUT2D eigenvalue weighted by Crippen LogP contribution is -2.53. The average molecular weight is 507 g/mol. The van der Waals surface area contributed by atoms with Crippen molar-refractivity contribution in [3.8, 4) is 5.75 Å². The Morgan fingerprint density at radius 3 is 2.61 bits per heavy atom. The summed E-state index contributed by atoms with van der Waals surface area (Å²) in [7, 11) is 1.66. The number of nitro benzene ring substituents is 1. The van der Waals surface area contributed by atoms with Crippen LogP contribution in [-0.4, -0.2) is 53.5 Å². The second-order valence-electron chi connectivity index (χ2n) is 8.53. The first-order chi connectivity index (χ1) is 17.3. The minimum atomic E-state index is -0.643. The van der Waals surface area contributed by atoms with Crippen LogP contribution >= 0.6 is 12.2 Å². The number of carbonyl (C=O) groups is 2. The summed E-state index contributed by atoms with van der Waals surface area (Å²) in [5.74, 6) is -0.0573. The molecule has 0 radical (unpaired) electrons. The molecule has 2 aliphatic heterocycles. The first-order valence-electron chi connectivity index (χ1n) is 11.5. The predicted octanol–water partition coefficient (Wildman–Crippen LogP) is 3.80.